The molecule has 3 rings (SSSR count). The van der Waals surface area contributed by atoms with Gasteiger partial charge in [0.15, 0.2) is 11.5 Å². The lowest BCUT2D eigenvalue weighted by molar-refractivity contribution is -0.116. The van der Waals surface area contributed by atoms with Gasteiger partial charge in [0.25, 0.3) is 5.56 Å². The average molecular weight is 396 g/mol. The fourth-order valence-electron chi connectivity index (χ4n) is 3.15. The van der Waals surface area contributed by atoms with Crippen molar-refractivity contribution >= 4 is 22.5 Å². The van der Waals surface area contributed by atoms with Crippen molar-refractivity contribution in [2.75, 3.05) is 26.6 Å². The number of hydrogen-bond acceptors (Lipinski definition) is 5. The number of aromatic amines is 1. The summed E-state index contributed by atoms with van der Waals surface area (Å²) in [5.41, 5.74) is 2.87. The summed E-state index contributed by atoms with van der Waals surface area (Å²) in [6.07, 6.45) is 0.834. The molecule has 0 aliphatic carbocycles. The number of anilines is 1. The minimum Gasteiger partial charge on any atom is -0.493 e. The molecule has 0 radical (unpaired) electrons. The summed E-state index contributed by atoms with van der Waals surface area (Å²) in [5, 5.41) is 3.82. The normalized spacial score (nSPS) is 10.6. The van der Waals surface area contributed by atoms with E-state index in [1.54, 1.807) is 19.1 Å². The van der Waals surface area contributed by atoms with Crippen LogP contribution in [0.3, 0.4) is 0 Å². The highest BCUT2D eigenvalue weighted by molar-refractivity contribution is 5.91. The first-order valence-electron chi connectivity index (χ1n) is 9.17. The standard InChI is InChI=1S/C22H24N2O5/c1-13-9-15-7-5-14(10-17(15)24-22(13)26)6-8-20(25)23-16-11-18(27-2)21(29-4)19(12-16)28-3/h5,7,9-12H,6,8H2,1-4H3,(H,23,25)(H,24,26). The minimum atomic E-state index is -0.142. The van der Waals surface area contributed by atoms with E-state index < -0.39 is 0 Å². The number of aryl methyl sites for hydroxylation is 2. The van der Waals surface area contributed by atoms with Gasteiger partial charge >= 0.3 is 0 Å². The molecule has 0 spiro atoms. The molecule has 0 bridgehead atoms. The monoisotopic (exact) mass is 396 g/mol. The largest absolute Gasteiger partial charge is 0.493 e. The molecule has 0 saturated heterocycles. The number of pyridine rings is 1. The number of ether oxygens (including phenoxy) is 3. The molecule has 29 heavy (non-hydrogen) atoms. The van der Waals surface area contributed by atoms with Gasteiger partial charge in [-0.05, 0) is 36.4 Å². The molecule has 0 aliphatic rings. The number of H-pyrrole nitrogens is 1. The van der Waals surface area contributed by atoms with E-state index in [2.05, 4.69) is 10.3 Å². The van der Waals surface area contributed by atoms with Gasteiger partial charge in [0.1, 0.15) is 0 Å². The fraction of sp³-hybridized carbons (Fsp3) is 0.273. The zero-order valence-corrected chi connectivity index (χ0v) is 16.9. The van der Waals surface area contributed by atoms with Crippen LogP contribution in [0, 0.1) is 6.92 Å². The van der Waals surface area contributed by atoms with Crippen LogP contribution in [0.5, 0.6) is 17.2 Å². The summed E-state index contributed by atoms with van der Waals surface area (Å²) >= 11 is 0. The highest BCUT2D eigenvalue weighted by atomic mass is 16.5. The van der Waals surface area contributed by atoms with Gasteiger partial charge in [-0.15, -0.1) is 0 Å². The molecule has 0 saturated carbocycles. The summed E-state index contributed by atoms with van der Waals surface area (Å²) in [7, 11) is 4.57. The Bertz CT molecular complexity index is 1080. The third-order valence-electron chi connectivity index (χ3n) is 4.69. The molecule has 2 N–H and O–H groups in total. The quantitative estimate of drug-likeness (QED) is 0.639. The smallest absolute Gasteiger partial charge is 0.251 e. The van der Waals surface area contributed by atoms with Gasteiger partial charge in [0, 0.05) is 35.3 Å². The van der Waals surface area contributed by atoms with Crippen LogP contribution < -0.4 is 25.1 Å². The van der Waals surface area contributed by atoms with Gasteiger partial charge in [-0.25, -0.2) is 0 Å². The molecule has 0 unspecified atom stereocenters. The van der Waals surface area contributed by atoms with Gasteiger partial charge < -0.3 is 24.5 Å². The maximum absolute atomic E-state index is 12.4. The summed E-state index contributed by atoms with van der Waals surface area (Å²) in [6, 6.07) is 11.0. The van der Waals surface area contributed by atoms with E-state index in [0.717, 1.165) is 16.5 Å². The van der Waals surface area contributed by atoms with E-state index in [1.165, 1.54) is 21.3 Å². The van der Waals surface area contributed by atoms with Crippen LogP contribution in [0.1, 0.15) is 17.5 Å². The number of carbonyl (C=O) groups excluding carboxylic acids is 1. The summed E-state index contributed by atoms with van der Waals surface area (Å²) in [6.45, 7) is 1.78. The van der Waals surface area contributed by atoms with Crippen molar-refractivity contribution in [3.8, 4) is 17.2 Å². The van der Waals surface area contributed by atoms with Gasteiger partial charge in [-0.2, -0.15) is 0 Å². The molecule has 1 aromatic heterocycles. The SMILES string of the molecule is COc1cc(NC(=O)CCc2ccc3cc(C)c(=O)[nH]c3c2)cc(OC)c1OC. The highest BCUT2D eigenvalue weighted by Crippen LogP contribution is 2.39. The number of fused-ring (bicyclic) bond motifs is 1. The van der Waals surface area contributed by atoms with Crippen LogP contribution in [-0.2, 0) is 11.2 Å². The van der Waals surface area contributed by atoms with Crippen molar-refractivity contribution < 1.29 is 19.0 Å². The lowest BCUT2D eigenvalue weighted by Crippen LogP contribution is -2.13. The highest BCUT2D eigenvalue weighted by Gasteiger charge is 2.14. The van der Waals surface area contributed by atoms with Crippen LogP contribution in [0.15, 0.2) is 41.2 Å². The third kappa shape index (κ3) is 4.51. The second kappa shape index (κ2) is 8.68. The molecular formula is C22H24N2O5. The second-order valence-corrected chi connectivity index (χ2v) is 6.67. The van der Waals surface area contributed by atoms with E-state index in [4.69, 9.17) is 14.2 Å². The Hall–Kier alpha value is -3.48. The minimum absolute atomic E-state index is 0.102. The zero-order chi connectivity index (χ0) is 21.0. The molecular weight excluding hydrogens is 372 g/mol. The van der Waals surface area contributed by atoms with Gasteiger partial charge in [-0.1, -0.05) is 12.1 Å². The molecule has 3 aromatic rings. The van der Waals surface area contributed by atoms with E-state index in [9.17, 15) is 9.59 Å². The topological polar surface area (TPSA) is 89.7 Å². The maximum atomic E-state index is 12.4. The molecule has 1 amide bonds. The van der Waals surface area contributed by atoms with Crippen molar-refractivity contribution in [1.29, 1.82) is 0 Å². The number of hydrogen-bond donors (Lipinski definition) is 2. The second-order valence-electron chi connectivity index (χ2n) is 6.67. The average Bonchev–Trinajstić information content (AvgIpc) is 2.72. The van der Waals surface area contributed by atoms with Crippen LogP contribution in [0.2, 0.25) is 0 Å². The molecule has 2 aromatic carbocycles. The Morgan fingerprint density at radius 2 is 1.69 bits per heavy atom. The van der Waals surface area contributed by atoms with Gasteiger partial charge in [0.2, 0.25) is 11.7 Å². The van der Waals surface area contributed by atoms with Crippen molar-refractivity contribution in [2.24, 2.45) is 0 Å². The predicted octanol–water partition coefficient (Wildman–Crippen LogP) is 3.43. The first-order chi connectivity index (χ1) is 13.9. The van der Waals surface area contributed by atoms with E-state index in [1.807, 2.05) is 24.3 Å². The molecule has 0 fully saturated rings. The van der Waals surface area contributed by atoms with Crippen LogP contribution in [-0.4, -0.2) is 32.2 Å². The molecule has 0 atom stereocenters. The lowest BCUT2D eigenvalue weighted by atomic mass is 10.1. The molecule has 152 valence electrons. The van der Waals surface area contributed by atoms with Crippen molar-refractivity contribution in [3.05, 3.63) is 57.9 Å². The number of nitrogens with one attached hydrogen (secondary N) is 2. The fourth-order valence-corrected chi connectivity index (χ4v) is 3.15. The van der Waals surface area contributed by atoms with Crippen molar-refractivity contribution in [3.63, 3.8) is 0 Å². The van der Waals surface area contributed by atoms with Crippen molar-refractivity contribution in [2.45, 2.75) is 19.8 Å². The molecule has 0 aliphatic heterocycles. The number of aromatic nitrogens is 1. The van der Waals surface area contributed by atoms with Crippen molar-refractivity contribution in [1.82, 2.24) is 4.98 Å². The van der Waals surface area contributed by atoms with E-state index >= 15 is 0 Å². The predicted molar refractivity (Wildman–Crippen MR) is 112 cm³/mol. The number of amides is 1. The summed E-state index contributed by atoms with van der Waals surface area (Å²) < 4.78 is 15.9. The molecule has 7 heteroatoms. The Kier molecular flexibility index (Phi) is 6.07. The Morgan fingerprint density at radius 1 is 1.00 bits per heavy atom. The Balaban J connectivity index is 1.71. The first kappa shape index (κ1) is 20.3. The number of rotatable bonds is 7. The van der Waals surface area contributed by atoms with Crippen LogP contribution in [0.4, 0.5) is 5.69 Å². The summed E-state index contributed by atoms with van der Waals surface area (Å²) in [5.74, 6) is 1.26. The third-order valence-corrected chi connectivity index (χ3v) is 4.69. The maximum Gasteiger partial charge on any atom is 0.251 e. The van der Waals surface area contributed by atoms with Crippen LogP contribution >= 0.6 is 0 Å². The van der Waals surface area contributed by atoms with E-state index in [-0.39, 0.29) is 17.9 Å². The zero-order valence-electron chi connectivity index (χ0n) is 16.9. The number of benzene rings is 2. The van der Waals surface area contributed by atoms with E-state index in [0.29, 0.717) is 34.9 Å². The number of carbonyl (C=O) groups is 1. The first-order valence-corrected chi connectivity index (χ1v) is 9.17. The molecule has 7 nitrogen and oxygen atoms in total. The number of methoxy groups -OCH3 is 3. The Morgan fingerprint density at radius 3 is 2.31 bits per heavy atom. The van der Waals surface area contributed by atoms with Gasteiger partial charge in [-0.3, -0.25) is 9.59 Å². The van der Waals surface area contributed by atoms with Gasteiger partial charge in [0.05, 0.1) is 21.3 Å². The summed E-state index contributed by atoms with van der Waals surface area (Å²) in [4.78, 5) is 27.1. The lowest BCUT2D eigenvalue weighted by Gasteiger charge is -2.14. The Labute approximate surface area is 168 Å². The molecule has 1 heterocycles. The van der Waals surface area contributed by atoms with Crippen LogP contribution in [0.25, 0.3) is 10.9 Å².